The van der Waals surface area contributed by atoms with Gasteiger partial charge in [-0.05, 0) is 48.7 Å². The number of hydrogen-bond acceptors (Lipinski definition) is 5. The molecule has 3 aromatic rings. The third-order valence-electron chi connectivity index (χ3n) is 4.02. The maximum Gasteiger partial charge on any atom is 0.257 e. The molecule has 1 N–H and O–H groups in total. The molecular formula is C20H19F2N3OS2. The highest BCUT2D eigenvalue weighted by atomic mass is 32.2. The number of nitrogens with zero attached hydrogens (tertiary/aromatic N) is 2. The predicted octanol–water partition coefficient (Wildman–Crippen LogP) is 5.70. The first-order valence-electron chi connectivity index (χ1n) is 8.85. The van der Waals surface area contributed by atoms with Gasteiger partial charge in [0.25, 0.3) is 5.91 Å². The van der Waals surface area contributed by atoms with Crippen LogP contribution in [0.3, 0.4) is 0 Å². The molecule has 0 aliphatic rings. The van der Waals surface area contributed by atoms with Crippen LogP contribution in [0.15, 0.2) is 46.8 Å². The number of carbonyl (C=O) groups is 1. The van der Waals surface area contributed by atoms with Crippen LogP contribution < -0.4 is 5.32 Å². The van der Waals surface area contributed by atoms with E-state index in [0.717, 1.165) is 37.5 Å². The first-order valence-corrected chi connectivity index (χ1v) is 10.7. The molecule has 146 valence electrons. The molecule has 0 bridgehead atoms. The maximum atomic E-state index is 13.7. The number of benzene rings is 2. The molecule has 0 fully saturated rings. The molecule has 28 heavy (non-hydrogen) atoms. The fourth-order valence-corrected chi connectivity index (χ4v) is 4.21. The van der Waals surface area contributed by atoms with Crippen LogP contribution in [-0.4, -0.2) is 16.1 Å². The Balaban J connectivity index is 1.56. The van der Waals surface area contributed by atoms with Crippen LogP contribution in [0.5, 0.6) is 0 Å². The molecule has 0 unspecified atom stereocenters. The lowest BCUT2D eigenvalue weighted by molar-refractivity contribution is 0.102. The van der Waals surface area contributed by atoms with Crippen LogP contribution in [0.2, 0.25) is 0 Å². The van der Waals surface area contributed by atoms with Crippen molar-refractivity contribution in [3.8, 4) is 0 Å². The first-order chi connectivity index (χ1) is 13.5. The highest BCUT2D eigenvalue weighted by molar-refractivity contribution is 8.00. The van der Waals surface area contributed by atoms with Crippen molar-refractivity contribution in [1.82, 2.24) is 10.2 Å². The van der Waals surface area contributed by atoms with E-state index in [1.165, 1.54) is 28.7 Å². The molecule has 0 aliphatic carbocycles. The molecule has 0 radical (unpaired) electrons. The zero-order valence-electron chi connectivity index (χ0n) is 15.2. The molecule has 0 saturated carbocycles. The van der Waals surface area contributed by atoms with Crippen LogP contribution >= 0.6 is 23.1 Å². The molecule has 3 rings (SSSR count). The van der Waals surface area contributed by atoms with Gasteiger partial charge < -0.3 is 0 Å². The summed E-state index contributed by atoms with van der Waals surface area (Å²) < 4.78 is 27.4. The van der Waals surface area contributed by atoms with Gasteiger partial charge in [-0.25, -0.2) is 8.78 Å². The van der Waals surface area contributed by atoms with Crippen LogP contribution in [0.4, 0.5) is 13.9 Å². The van der Waals surface area contributed by atoms with Gasteiger partial charge >= 0.3 is 0 Å². The van der Waals surface area contributed by atoms with Crippen molar-refractivity contribution in [2.24, 2.45) is 0 Å². The number of aromatic nitrogens is 2. The van der Waals surface area contributed by atoms with Gasteiger partial charge in [0.05, 0.1) is 0 Å². The Morgan fingerprint density at radius 1 is 1.14 bits per heavy atom. The Morgan fingerprint density at radius 2 is 1.93 bits per heavy atom. The van der Waals surface area contributed by atoms with Gasteiger partial charge in [-0.2, -0.15) is 0 Å². The summed E-state index contributed by atoms with van der Waals surface area (Å²) in [5, 5.41) is 11.0. The fourth-order valence-electron chi connectivity index (χ4n) is 2.48. The molecule has 1 amide bonds. The van der Waals surface area contributed by atoms with E-state index in [1.807, 2.05) is 12.1 Å². The van der Waals surface area contributed by atoms with E-state index >= 15 is 0 Å². The molecule has 8 heteroatoms. The summed E-state index contributed by atoms with van der Waals surface area (Å²) in [6, 6.07) is 10.9. The fraction of sp³-hybridized carbons (Fsp3) is 0.250. The van der Waals surface area contributed by atoms with Gasteiger partial charge in [0, 0.05) is 16.9 Å². The second-order valence-electron chi connectivity index (χ2n) is 6.15. The first kappa shape index (κ1) is 20.4. The van der Waals surface area contributed by atoms with Crippen molar-refractivity contribution < 1.29 is 13.6 Å². The van der Waals surface area contributed by atoms with Crippen molar-refractivity contribution >= 4 is 34.1 Å². The van der Waals surface area contributed by atoms with Crippen LogP contribution in [0.1, 0.15) is 41.3 Å². The number of amides is 1. The van der Waals surface area contributed by atoms with E-state index in [0.29, 0.717) is 15.0 Å². The quantitative estimate of drug-likeness (QED) is 0.376. The van der Waals surface area contributed by atoms with Crippen molar-refractivity contribution in [3.05, 3.63) is 70.8 Å². The van der Waals surface area contributed by atoms with Crippen LogP contribution in [0.25, 0.3) is 0 Å². The SMILES string of the molecule is CCCCc1ccc(C(=O)Nc2nnc(SCc3cc(F)ccc3F)s2)cc1. The van der Waals surface area contributed by atoms with Crippen molar-refractivity contribution in [1.29, 1.82) is 0 Å². The Hall–Kier alpha value is -2.32. The third-order valence-corrected chi connectivity index (χ3v) is 6.04. The highest BCUT2D eigenvalue weighted by Gasteiger charge is 2.12. The highest BCUT2D eigenvalue weighted by Crippen LogP contribution is 2.29. The average molecular weight is 420 g/mol. The lowest BCUT2D eigenvalue weighted by Gasteiger charge is -2.03. The van der Waals surface area contributed by atoms with Crippen LogP contribution in [0, 0.1) is 11.6 Å². The normalized spacial score (nSPS) is 10.8. The molecule has 2 aromatic carbocycles. The van der Waals surface area contributed by atoms with Crippen LogP contribution in [-0.2, 0) is 12.2 Å². The summed E-state index contributed by atoms with van der Waals surface area (Å²) in [6.45, 7) is 2.14. The van der Waals surface area contributed by atoms with E-state index in [-0.39, 0.29) is 17.2 Å². The van der Waals surface area contributed by atoms with E-state index in [9.17, 15) is 13.6 Å². The van der Waals surface area contributed by atoms with Gasteiger partial charge in [-0.15, -0.1) is 10.2 Å². The lowest BCUT2D eigenvalue weighted by atomic mass is 10.1. The summed E-state index contributed by atoms with van der Waals surface area (Å²) >= 11 is 2.43. The molecule has 0 saturated heterocycles. The number of nitrogens with one attached hydrogen (secondary N) is 1. The minimum Gasteiger partial charge on any atom is -0.296 e. The Morgan fingerprint density at radius 3 is 2.68 bits per heavy atom. The Bertz CT molecular complexity index is 945. The zero-order valence-corrected chi connectivity index (χ0v) is 16.9. The number of hydrogen-bond donors (Lipinski definition) is 1. The number of halogens is 2. The number of anilines is 1. The Labute approximate surface area is 170 Å². The van der Waals surface area contributed by atoms with E-state index in [1.54, 1.807) is 12.1 Å². The zero-order chi connectivity index (χ0) is 19.9. The number of thioether (sulfide) groups is 1. The summed E-state index contributed by atoms with van der Waals surface area (Å²) in [6.07, 6.45) is 3.25. The largest absolute Gasteiger partial charge is 0.296 e. The van der Waals surface area contributed by atoms with Crippen molar-refractivity contribution in [2.75, 3.05) is 5.32 Å². The molecule has 0 spiro atoms. The van der Waals surface area contributed by atoms with E-state index in [2.05, 4.69) is 22.4 Å². The number of unbranched alkanes of at least 4 members (excludes halogenated alkanes) is 1. The summed E-state index contributed by atoms with van der Waals surface area (Å²) in [5.74, 6) is -0.978. The second-order valence-corrected chi connectivity index (χ2v) is 8.35. The third kappa shape index (κ3) is 5.59. The summed E-state index contributed by atoms with van der Waals surface area (Å²) in [7, 11) is 0. The average Bonchev–Trinajstić information content (AvgIpc) is 3.14. The molecule has 0 atom stereocenters. The van der Waals surface area contributed by atoms with E-state index in [4.69, 9.17) is 0 Å². The standard InChI is InChI=1S/C20H19F2N3OS2/c1-2-3-4-13-5-7-14(8-6-13)18(26)23-19-24-25-20(28-19)27-12-15-11-16(21)9-10-17(15)22/h5-11H,2-4,12H2,1H3,(H,23,24,26). The topological polar surface area (TPSA) is 54.9 Å². The predicted molar refractivity (Wildman–Crippen MR) is 109 cm³/mol. The minimum atomic E-state index is -0.483. The lowest BCUT2D eigenvalue weighted by Crippen LogP contribution is -2.11. The van der Waals surface area contributed by atoms with Gasteiger partial charge in [0.15, 0.2) is 4.34 Å². The monoisotopic (exact) mass is 419 g/mol. The van der Waals surface area contributed by atoms with Gasteiger partial charge in [0.2, 0.25) is 5.13 Å². The minimum absolute atomic E-state index is 0.228. The van der Waals surface area contributed by atoms with E-state index < -0.39 is 11.6 Å². The number of aryl methyl sites for hydroxylation is 1. The molecule has 1 heterocycles. The molecular weight excluding hydrogens is 400 g/mol. The van der Waals surface area contributed by atoms with Crippen molar-refractivity contribution in [3.63, 3.8) is 0 Å². The number of carbonyl (C=O) groups excluding carboxylic acids is 1. The molecule has 0 aliphatic heterocycles. The van der Waals surface area contributed by atoms with Gasteiger partial charge in [-0.1, -0.05) is 48.6 Å². The maximum absolute atomic E-state index is 13.7. The van der Waals surface area contributed by atoms with Gasteiger partial charge in [0.1, 0.15) is 11.6 Å². The summed E-state index contributed by atoms with van der Waals surface area (Å²) in [4.78, 5) is 12.3. The van der Waals surface area contributed by atoms with Crippen molar-refractivity contribution in [2.45, 2.75) is 36.3 Å². The second kappa shape index (κ2) is 9.75. The van der Waals surface area contributed by atoms with Gasteiger partial charge in [-0.3, -0.25) is 10.1 Å². The molecule has 1 aromatic heterocycles. The Kier molecular flexibility index (Phi) is 7.11. The summed E-state index contributed by atoms with van der Waals surface area (Å²) in [5.41, 5.74) is 2.01. The molecule has 4 nitrogen and oxygen atoms in total. The number of rotatable bonds is 8. The smallest absolute Gasteiger partial charge is 0.257 e.